The third-order valence-electron chi connectivity index (χ3n) is 12.6. The summed E-state index contributed by atoms with van der Waals surface area (Å²) in [5, 5.41) is 31.7. The first kappa shape index (κ1) is 28.2. The number of rotatable bonds is 5. The second-order valence-corrected chi connectivity index (χ2v) is 14.4. The van der Waals surface area contributed by atoms with Crippen molar-refractivity contribution < 1.29 is 19.4 Å². The maximum absolute atomic E-state index is 12.8. The summed E-state index contributed by atoms with van der Waals surface area (Å²) in [6, 6.07) is 3.90. The average Bonchev–Trinajstić information content (AvgIpc) is 3.23. The monoisotopic (exact) mass is 555 g/mol. The fourth-order valence-electron chi connectivity index (χ4n) is 10.3. The van der Waals surface area contributed by atoms with Crippen LogP contribution in [0.3, 0.4) is 0 Å². The molecule has 2 amide bonds. The number of fused-ring (bicyclic) bond motifs is 5. The number of hydrogen-bond donors (Lipinski definition) is 5. The molecule has 5 aliphatic rings. The van der Waals surface area contributed by atoms with Gasteiger partial charge in [-0.15, -0.1) is 0 Å². The van der Waals surface area contributed by atoms with Gasteiger partial charge in [0.15, 0.2) is 0 Å². The molecule has 4 aliphatic carbocycles. The molecule has 10 atom stereocenters. The lowest BCUT2D eigenvalue weighted by molar-refractivity contribution is -0.201. The SMILES string of the molecule is C[C@]12CC[C@H](NC(=O)NCC3CCCC(CO)N3)C[C@H]1CC[C@@H]1[C@@H]2CC[C@]2(C)[C@@H](c3ccc(=O)oc3)CC[C@]12O. The molecule has 0 spiro atoms. The lowest BCUT2D eigenvalue weighted by Gasteiger charge is -2.63. The summed E-state index contributed by atoms with van der Waals surface area (Å²) in [4.78, 5) is 24.4. The Hall–Kier alpha value is -1.90. The Morgan fingerprint density at radius 2 is 1.85 bits per heavy atom. The van der Waals surface area contributed by atoms with Gasteiger partial charge in [0.05, 0.1) is 18.5 Å². The largest absolute Gasteiger partial charge is 0.431 e. The van der Waals surface area contributed by atoms with Gasteiger partial charge in [0.1, 0.15) is 0 Å². The second kappa shape index (κ2) is 10.7. The molecule has 2 unspecified atom stereocenters. The van der Waals surface area contributed by atoms with Crippen molar-refractivity contribution in [3.05, 3.63) is 34.4 Å². The Balaban J connectivity index is 1.08. The highest BCUT2D eigenvalue weighted by Crippen LogP contribution is 2.70. The maximum atomic E-state index is 12.8. The van der Waals surface area contributed by atoms with E-state index in [9.17, 15) is 19.8 Å². The number of urea groups is 1. The predicted molar refractivity (Wildman–Crippen MR) is 153 cm³/mol. The molecule has 0 bridgehead atoms. The quantitative estimate of drug-likeness (QED) is 0.374. The summed E-state index contributed by atoms with van der Waals surface area (Å²) in [7, 11) is 0. The van der Waals surface area contributed by atoms with Gasteiger partial charge in [0.2, 0.25) is 0 Å². The molecule has 2 heterocycles. The van der Waals surface area contributed by atoms with Crippen LogP contribution in [0.1, 0.15) is 102 Å². The molecule has 222 valence electrons. The van der Waals surface area contributed by atoms with Crippen LogP contribution in [0.15, 0.2) is 27.6 Å². The Morgan fingerprint density at radius 1 is 1.02 bits per heavy atom. The molecule has 8 nitrogen and oxygen atoms in total. The van der Waals surface area contributed by atoms with Crippen LogP contribution < -0.4 is 21.6 Å². The van der Waals surface area contributed by atoms with E-state index in [-0.39, 0.29) is 53.1 Å². The summed E-state index contributed by atoms with van der Waals surface area (Å²) in [5.41, 5.74) is 0.0173. The van der Waals surface area contributed by atoms with E-state index in [1.165, 1.54) is 6.07 Å². The van der Waals surface area contributed by atoms with Crippen LogP contribution in [0.25, 0.3) is 0 Å². The van der Waals surface area contributed by atoms with E-state index >= 15 is 0 Å². The van der Waals surface area contributed by atoms with E-state index in [2.05, 4.69) is 29.8 Å². The van der Waals surface area contributed by atoms with Gasteiger partial charge in [0, 0.05) is 36.2 Å². The predicted octanol–water partition coefficient (Wildman–Crippen LogP) is 4.05. The van der Waals surface area contributed by atoms with Crippen LogP contribution in [0.5, 0.6) is 0 Å². The van der Waals surface area contributed by atoms with Crippen molar-refractivity contribution in [3.8, 4) is 0 Å². The summed E-state index contributed by atoms with van der Waals surface area (Å²) in [6.07, 6.45) is 13.8. The summed E-state index contributed by atoms with van der Waals surface area (Å²) in [6.45, 7) is 5.50. The molecular formula is C32H49N3O5. The van der Waals surface area contributed by atoms with Crippen molar-refractivity contribution in [1.29, 1.82) is 0 Å². The van der Waals surface area contributed by atoms with Gasteiger partial charge in [-0.25, -0.2) is 9.59 Å². The van der Waals surface area contributed by atoms with Gasteiger partial charge >= 0.3 is 11.7 Å². The standard InChI is InChI=1S/C32H49N3O5/c1-30-13-10-22(35-29(38)33-17-23-4-3-5-24(18-36)34-23)16-21(30)7-8-27-26(30)11-14-31(2)25(12-15-32(27,31)39)20-6-9-28(37)40-19-20/h6,9,19,21-27,34,36,39H,3-5,7-8,10-18H2,1-2H3,(H2,33,35,38)/t21-,22+,23?,24?,25-,26+,27-,30+,31-,32+/m1/s1. The lowest BCUT2D eigenvalue weighted by atomic mass is 9.43. The number of hydrogen-bond acceptors (Lipinski definition) is 6. The van der Waals surface area contributed by atoms with E-state index in [0.717, 1.165) is 82.6 Å². The van der Waals surface area contributed by atoms with Crippen molar-refractivity contribution in [2.75, 3.05) is 13.2 Å². The molecule has 1 aromatic rings. The molecule has 4 saturated carbocycles. The summed E-state index contributed by atoms with van der Waals surface area (Å²) < 4.78 is 5.23. The second-order valence-electron chi connectivity index (χ2n) is 14.4. The molecule has 1 aliphatic heterocycles. The number of aliphatic hydroxyl groups is 2. The highest BCUT2D eigenvalue weighted by atomic mass is 16.4. The van der Waals surface area contributed by atoms with Crippen molar-refractivity contribution in [3.63, 3.8) is 0 Å². The van der Waals surface area contributed by atoms with E-state index in [0.29, 0.717) is 24.3 Å². The van der Waals surface area contributed by atoms with Gasteiger partial charge in [-0.1, -0.05) is 20.3 Å². The number of aliphatic hydroxyl groups excluding tert-OH is 1. The van der Waals surface area contributed by atoms with Crippen LogP contribution in [0.2, 0.25) is 0 Å². The molecule has 1 aromatic heterocycles. The highest BCUT2D eigenvalue weighted by Gasteiger charge is 2.67. The van der Waals surface area contributed by atoms with Crippen molar-refractivity contribution in [2.45, 2.75) is 121 Å². The molecule has 0 aromatic carbocycles. The molecule has 5 N–H and O–H groups in total. The molecule has 8 heteroatoms. The van der Waals surface area contributed by atoms with E-state index < -0.39 is 5.60 Å². The summed E-state index contributed by atoms with van der Waals surface area (Å²) >= 11 is 0. The molecule has 0 radical (unpaired) electrons. The van der Waals surface area contributed by atoms with E-state index in [1.807, 2.05) is 6.07 Å². The maximum Gasteiger partial charge on any atom is 0.335 e. The van der Waals surface area contributed by atoms with Gasteiger partial charge in [0.25, 0.3) is 0 Å². The van der Waals surface area contributed by atoms with Crippen LogP contribution in [-0.4, -0.2) is 53.1 Å². The van der Waals surface area contributed by atoms with Gasteiger partial charge in [-0.3, -0.25) is 0 Å². The van der Waals surface area contributed by atoms with Crippen molar-refractivity contribution in [1.82, 2.24) is 16.0 Å². The van der Waals surface area contributed by atoms with Gasteiger partial charge in [-0.2, -0.15) is 0 Å². The van der Waals surface area contributed by atoms with Crippen LogP contribution in [-0.2, 0) is 0 Å². The number of carbonyl (C=O) groups is 1. The minimum Gasteiger partial charge on any atom is -0.431 e. The zero-order valence-corrected chi connectivity index (χ0v) is 24.3. The smallest absolute Gasteiger partial charge is 0.335 e. The fraction of sp³-hybridized carbons (Fsp3) is 0.812. The number of nitrogens with one attached hydrogen (secondary N) is 3. The van der Waals surface area contributed by atoms with Crippen LogP contribution in [0.4, 0.5) is 4.79 Å². The van der Waals surface area contributed by atoms with Crippen LogP contribution >= 0.6 is 0 Å². The van der Waals surface area contributed by atoms with E-state index in [1.54, 1.807) is 6.26 Å². The Bertz CT molecular complexity index is 1120. The Labute approximate surface area is 238 Å². The average molecular weight is 556 g/mol. The normalized spacial score (nSPS) is 44.6. The van der Waals surface area contributed by atoms with Crippen molar-refractivity contribution >= 4 is 6.03 Å². The van der Waals surface area contributed by atoms with Gasteiger partial charge in [-0.05, 0) is 111 Å². The minimum absolute atomic E-state index is 0.0771. The van der Waals surface area contributed by atoms with E-state index in [4.69, 9.17) is 4.42 Å². The minimum atomic E-state index is -0.693. The molecule has 40 heavy (non-hydrogen) atoms. The Morgan fingerprint density at radius 3 is 2.62 bits per heavy atom. The molecule has 5 fully saturated rings. The third-order valence-corrected chi connectivity index (χ3v) is 12.6. The third kappa shape index (κ3) is 4.72. The first-order valence-electron chi connectivity index (χ1n) is 15.9. The topological polar surface area (TPSA) is 124 Å². The van der Waals surface area contributed by atoms with Gasteiger partial charge < -0.3 is 30.6 Å². The first-order valence-corrected chi connectivity index (χ1v) is 15.9. The zero-order chi connectivity index (χ0) is 28.1. The number of piperidine rings is 1. The zero-order valence-electron chi connectivity index (χ0n) is 24.3. The van der Waals surface area contributed by atoms with Crippen LogP contribution in [0, 0.1) is 28.6 Å². The fourth-order valence-corrected chi connectivity index (χ4v) is 10.3. The number of carbonyl (C=O) groups excluding carboxylic acids is 1. The molecule has 6 rings (SSSR count). The first-order chi connectivity index (χ1) is 19.2. The van der Waals surface area contributed by atoms with Crippen molar-refractivity contribution in [2.24, 2.45) is 28.6 Å². The number of amides is 2. The lowest BCUT2D eigenvalue weighted by Crippen LogP contribution is -2.62. The highest BCUT2D eigenvalue weighted by molar-refractivity contribution is 5.74. The molecular weight excluding hydrogens is 506 g/mol. The Kier molecular flexibility index (Phi) is 7.58. The summed E-state index contributed by atoms with van der Waals surface area (Å²) in [5.74, 6) is 1.58. The molecule has 1 saturated heterocycles.